The molecule has 1 unspecified atom stereocenters. The minimum atomic E-state index is 0.151. The second-order valence-electron chi connectivity index (χ2n) is 7.24. The zero-order chi connectivity index (χ0) is 19.5. The first-order valence-electron chi connectivity index (χ1n) is 10.0. The van der Waals surface area contributed by atoms with Gasteiger partial charge < -0.3 is 25.0 Å². The average molecular weight is 377 g/mol. The van der Waals surface area contributed by atoms with Crippen molar-refractivity contribution in [1.82, 2.24) is 15.5 Å². The van der Waals surface area contributed by atoms with Gasteiger partial charge in [-0.25, -0.2) is 0 Å². The third-order valence-electron chi connectivity index (χ3n) is 4.70. The van der Waals surface area contributed by atoms with E-state index in [1.807, 2.05) is 18.2 Å². The van der Waals surface area contributed by atoms with Crippen LogP contribution in [0, 0.1) is 5.92 Å². The number of likely N-dealkylation sites (N-methyl/N-ethyl adjacent to an activating group) is 1. The average Bonchev–Trinajstić information content (AvgIpc) is 3.49. The predicted molar refractivity (Wildman–Crippen MR) is 112 cm³/mol. The van der Waals surface area contributed by atoms with E-state index in [2.05, 4.69) is 42.6 Å². The van der Waals surface area contributed by atoms with Gasteiger partial charge in [-0.1, -0.05) is 18.2 Å². The lowest BCUT2D eigenvalue weighted by atomic mass is 10.0. The molecule has 0 amide bonds. The molecule has 1 saturated carbocycles. The molecule has 152 valence electrons. The van der Waals surface area contributed by atoms with Crippen LogP contribution in [-0.2, 0) is 4.74 Å². The highest BCUT2D eigenvalue weighted by atomic mass is 16.5. The third kappa shape index (κ3) is 7.77. The van der Waals surface area contributed by atoms with E-state index in [4.69, 9.17) is 14.5 Å². The molecule has 2 N–H and O–H groups in total. The lowest BCUT2D eigenvalue weighted by Gasteiger charge is -2.25. The number of nitrogens with one attached hydrogen (secondary N) is 2. The fraction of sp³-hybridized carbons (Fsp3) is 0.667. The predicted octanol–water partition coefficient (Wildman–Crippen LogP) is 2.67. The van der Waals surface area contributed by atoms with Crippen molar-refractivity contribution in [2.24, 2.45) is 10.9 Å². The van der Waals surface area contributed by atoms with Crippen molar-refractivity contribution in [3.8, 4) is 5.75 Å². The van der Waals surface area contributed by atoms with Crippen molar-refractivity contribution in [3.63, 3.8) is 0 Å². The fourth-order valence-corrected chi connectivity index (χ4v) is 2.92. The lowest BCUT2D eigenvalue weighted by molar-refractivity contribution is 0.123. The number of guanidine groups is 1. The Kier molecular flexibility index (Phi) is 9.42. The van der Waals surface area contributed by atoms with Gasteiger partial charge in [0.05, 0.1) is 19.7 Å². The highest BCUT2D eigenvalue weighted by molar-refractivity contribution is 5.79. The maximum Gasteiger partial charge on any atom is 0.191 e. The summed E-state index contributed by atoms with van der Waals surface area (Å²) in [4.78, 5) is 6.98. The molecule has 6 heteroatoms. The summed E-state index contributed by atoms with van der Waals surface area (Å²) < 4.78 is 11.2. The van der Waals surface area contributed by atoms with Gasteiger partial charge in [-0.3, -0.25) is 4.99 Å². The summed E-state index contributed by atoms with van der Waals surface area (Å²) in [5.41, 5.74) is 1.15. The van der Waals surface area contributed by atoms with Gasteiger partial charge in [-0.15, -0.1) is 0 Å². The molecule has 27 heavy (non-hydrogen) atoms. The van der Waals surface area contributed by atoms with Crippen molar-refractivity contribution in [2.45, 2.75) is 32.2 Å². The number of ether oxygens (including phenoxy) is 2. The molecule has 1 aliphatic rings. The Morgan fingerprint density at radius 2 is 2.04 bits per heavy atom. The van der Waals surface area contributed by atoms with Crippen LogP contribution >= 0.6 is 0 Å². The standard InChI is InChI=1S/C21H36N4O2/c1-5-22-21(23-13-8-14-27-16-17-11-12-17)24-15-19(25(2)3)18-9-6-7-10-20(18)26-4/h6-7,9-10,17,19H,5,8,11-16H2,1-4H3,(H2,22,23,24). The van der Waals surface area contributed by atoms with Crippen molar-refractivity contribution >= 4 is 5.96 Å². The maximum absolute atomic E-state index is 5.69. The topological polar surface area (TPSA) is 58.1 Å². The highest BCUT2D eigenvalue weighted by Gasteiger charge is 2.21. The summed E-state index contributed by atoms with van der Waals surface area (Å²) >= 11 is 0. The van der Waals surface area contributed by atoms with Gasteiger partial charge in [-0.2, -0.15) is 0 Å². The molecular weight excluding hydrogens is 340 g/mol. The quantitative estimate of drug-likeness (QED) is 0.334. The Balaban J connectivity index is 1.87. The molecule has 1 aliphatic carbocycles. The van der Waals surface area contributed by atoms with Gasteiger partial charge >= 0.3 is 0 Å². The first kappa shape index (κ1) is 21.5. The second kappa shape index (κ2) is 11.8. The first-order chi connectivity index (χ1) is 13.2. The largest absolute Gasteiger partial charge is 0.496 e. The van der Waals surface area contributed by atoms with Crippen LogP contribution in [0.25, 0.3) is 0 Å². The van der Waals surface area contributed by atoms with Crippen molar-refractivity contribution in [2.75, 3.05) is 54.1 Å². The van der Waals surface area contributed by atoms with Gasteiger partial charge in [0.25, 0.3) is 0 Å². The molecule has 0 radical (unpaired) electrons. The van der Waals surface area contributed by atoms with Crippen molar-refractivity contribution in [1.29, 1.82) is 0 Å². The Hall–Kier alpha value is -1.79. The zero-order valence-electron chi connectivity index (χ0n) is 17.3. The van der Waals surface area contributed by atoms with Crippen LogP contribution in [0.2, 0.25) is 0 Å². The second-order valence-corrected chi connectivity index (χ2v) is 7.24. The van der Waals surface area contributed by atoms with Crippen LogP contribution in [-0.4, -0.2) is 64.9 Å². The van der Waals surface area contributed by atoms with E-state index in [1.54, 1.807) is 7.11 Å². The molecule has 1 aromatic carbocycles. The number of para-hydroxylation sites is 1. The Labute approximate surface area is 164 Å². The SMILES string of the molecule is CCNC(=NCC(c1ccccc1OC)N(C)C)NCCCOCC1CC1. The molecule has 0 aliphatic heterocycles. The van der Waals surface area contributed by atoms with Crippen molar-refractivity contribution < 1.29 is 9.47 Å². The Bertz CT molecular complexity index is 573. The smallest absolute Gasteiger partial charge is 0.191 e. The van der Waals surface area contributed by atoms with Gasteiger partial charge in [0, 0.05) is 31.9 Å². The highest BCUT2D eigenvalue weighted by Crippen LogP contribution is 2.29. The van der Waals surface area contributed by atoms with Crippen LogP contribution in [0.5, 0.6) is 5.75 Å². The zero-order valence-corrected chi connectivity index (χ0v) is 17.3. The van der Waals surface area contributed by atoms with Gasteiger partial charge in [0.15, 0.2) is 5.96 Å². The van der Waals surface area contributed by atoms with Crippen LogP contribution in [0.3, 0.4) is 0 Å². The van der Waals surface area contributed by atoms with E-state index < -0.39 is 0 Å². The molecule has 0 aromatic heterocycles. The molecule has 6 nitrogen and oxygen atoms in total. The summed E-state index contributed by atoms with van der Waals surface area (Å²) in [7, 11) is 5.86. The minimum Gasteiger partial charge on any atom is -0.496 e. The van der Waals surface area contributed by atoms with E-state index >= 15 is 0 Å². The minimum absolute atomic E-state index is 0.151. The summed E-state index contributed by atoms with van der Waals surface area (Å²) in [6.07, 6.45) is 3.67. The van der Waals surface area contributed by atoms with Crippen LogP contribution in [0.15, 0.2) is 29.3 Å². The van der Waals surface area contributed by atoms with E-state index in [-0.39, 0.29) is 6.04 Å². The van der Waals surface area contributed by atoms with Crippen molar-refractivity contribution in [3.05, 3.63) is 29.8 Å². The maximum atomic E-state index is 5.69. The molecule has 0 saturated heterocycles. The van der Waals surface area contributed by atoms with E-state index in [0.29, 0.717) is 6.54 Å². The molecule has 0 bridgehead atoms. The molecule has 1 fully saturated rings. The third-order valence-corrected chi connectivity index (χ3v) is 4.70. The number of hydrogen-bond acceptors (Lipinski definition) is 4. The van der Waals surface area contributed by atoms with Gasteiger partial charge in [0.2, 0.25) is 0 Å². The molecule has 0 spiro atoms. The summed E-state index contributed by atoms with van der Waals surface area (Å²) in [5, 5.41) is 6.73. The number of methoxy groups -OCH3 is 1. The van der Waals surface area contributed by atoms with Crippen LogP contribution in [0.4, 0.5) is 0 Å². The normalized spacial score (nSPS) is 15.7. The number of benzene rings is 1. The molecule has 1 atom stereocenters. The molecular formula is C21H36N4O2. The Morgan fingerprint density at radius 1 is 1.26 bits per heavy atom. The molecule has 2 rings (SSSR count). The van der Waals surface area contributed by atoms with Gasteiger partial charge in [-0.05, 0) is 52.3 Å². The van der Waals surface area contributed by atoms with Gasteiger partial charge in [0.1, 0.15) is 5.75 Å². The molecule has 1 aromatic rings. The fourth-order valence-electron chi connectivity index (χ4n) is 2.92. The van der Waals surface area contributed by atoms with E-state index in [0.717, 1.165) is 55.9 Å². The number of rotatable bonds is 12. The summed E-state index contributed by atoms with van der Waals surface area (Å²) in [6, 6.07) is 8.30. The summed E-state index contributed by atoms with van der Waals surface area (Å²) in [6.45, 7) is 6.17. The number of hydrogen-bond donors (Lipinski definition) is 2. The van der Waals surface area contributed by atoms with Crippen LogP contribution in [0.1, 0.15) is 37.8 Å². The number of nitrogens with zero attached hydrogens (tertiary/aromatic N) is 2. The Morgan fingerprint density at radius 3 is 2.70 bits per heavy atom. The summed E-state index contributed by atoms with van der Waals surface area (Å²) in [5.74, 6) is 2.58. The van der Waals surface area contributed by atoms with E-state index in [1.165, 1.54) is 12.8 Å². The lowest BCUT2D eigenvalue weighted by Crippen LogP contribution is -2.38. The monoisotopic (exact) mass is 376 g/mol. The molecule has 0 heterocycles. The van der Waals surface area contributed by atoms with Crippen LogP contribution < -0.4 is 15.4 Å². The first-order valence-corrected chi connectivity index (χ1v) is 10.0. The van der Waals surface area contributed by atoms with E-state index in [9.17, 15) is 0 Å². The number of aliphatic imine (C=N–C) groups is 1.